The van der Waals surface area contributed by atoms with E-state index < -0.39 is 10.0 Å². The fraction of sp³-hybridized carbons (Fsp3) is 1.00. The van der Waals surface area contributed by atoms with E-state index in [4.69, 9.17) is 4.74 Å². The summed E-state index contributed by atoms with van der Waals surface area (Å²) in [5.41, 5.74) is 0. The highest BCUT2D eigenvalue weighted by Crippen LogP contribution is 2.17. The maximum atomic E-state index is 11.7. The summed E-state index contributed by atoms with van der Waals surface area (Å²) in [5, 5.41) is 0. The smallest absolute Gasteiger partial charge is 0.213 e. The molecule has 1 heterocycles. The average molecular weight is 235 g/mol. The standard InChI is InChI=1S/C10H21NO3S/c1-3-8-15(12,13)11(2)9-10-4-6-14-7-5-10/h10H,3-9H2,1-2H3. The van der Waals surface area contributed by atoms with Crippen LogP contribution in [0.15, 0.2) is 0 Å². The van der Waals surface area contributed by atoms with Crippen molar-refractivity contribution in [1.29, 1.82) is 0 Å². The Kier molecular flexibility index (Phi) is 5.02. The Hall–Kier alpha value is -0.130. The summed E-state index contributed by atoms with van der Waals surface area (Å²) in [6.45, 7) is 4.07. The number of ether oxygens (including phenoxy) is 1. The van der Waals surface area contributed by atoms with Gasteiger partial charge in [0.2, 0.25) is 10.0 Å². The van der Waals surface area contributed by atoms with Gasteiger partial charge >= 0.3 is 0 Å². The van der Waals surface area contributed by atoms with Gasteiger partial charge in [-0.3, -0.25) is 0 Å². The van der Waals surface area contributed by atoms with E-state index in [1.165, 1.54) is 4.31 Å². The molecular formula is C10H21NO3S. The summed E-state index contributed by atoms with van der Waals surface area (Å²) in [6.07, 6.45) is 2.64. The molecule has 0 spiro atoms. The summed E-state index contributed by atoms with van der Waals surface area (Å²) >= 11 is 0. The third kappa shape index (κ3) is 4.09. The normalized spacial score (nSPS) is 19.7. The van der Waals surface area contributed by atoms with Crippen LogP contribution in [0.25, 0.3) is 0 Å². The highest BCUT2D eigenvalue weighted by molar-refractivity contribution is 7.89. The molecule has 0 aliphatic carbocycles. The fourth-order valence-electron chi connectivity index (χ4n) is 1.82. The Morgan fingerprint density at radius 1 is 1.33 bits per heavy atom. The first-order chi connectivity index (χ1) is 7.06. The molecule has 1 fully saturated rings. The van der Waals surface area contributed by atoms with Gasteiger partial charge < -0.3 is 4.74 Å². The molecule has 0 bridgehead atoms. The highest BCUT2D eigenvalue weighted by atomic mass is 32.2. The summed E-state index contributed by atoms with van der Waals surface area (Å²) in [6, 6.07) is 0. The molecule has 0 saturated carbocycles. The predicted octanol–water partition coefficient (Wildman–Crippen LogP) is 1.08. The SMILES string of the molecule is CCCS(=O)(=O)N(C)CC1CCOCC1. The third-order valence-electron chi connectivity index (χ3n) is 2.79. The van der Waals surface area contributed by atoms with E-state index in [2.05, 4.69) is 0 Å². The maximum absolute atomic E-state index is 11.7. The van der Waals surface area contributed by atoms with Gasteiger partial charge in [-0.25, -0.2) is 12.7 Å². The van der Waals surface area contributed by atoms with Gasteiger partial charge in [-0.15, -0.1) is 0 Å². The van der Waals surface area contributed by atoms with Crippen molar-refractivity contribution in [2.24, 2.45) is 5.92 Å². The average Bonchev–Trinajstić information content (AvgIpc) is 2.19. The molecule has 1 rings (SSSR count). The quantitative estimate of drug-likeness (QED) is 0.716. The molecule has 1 aliphatic heterocycles. The van der Waals surface area contributed by atoms with Crippen LogP contribution in [0.5, 0.6) is 0 Å². The zero-order valence-corrected chi connectivity index (χ0v) is 10.4. The molecular weight excluding hydrogens is 214 g/mol. The van der Waals surface area contributed by atoms with Crippen molar-refractivity contribution in [3.63, 3.8) is 0 Å². The van der Waals surface area contributed by atoms with Gasteiger partial charge in [0.25, 0.3) is 0 Å². The molecule has 0 unspecified atom stereocenters. The lowest BCUT2D eigenvalue weighted by Gasteiger charge is -2.26. The van der Waals surface area contributed by atoms with Crippen LogP contribution in [0.3, 0.4) is 0 Å². The second-order valence-corrected chi connectivity index (χ2v) is 6.35. The van der Waals surface area contributed by atoms with Gasteiger partial charge in [-0.05, 0) is 25.2 Å². The second-order valence-electron chi connectivity index (χ2n) is 4.15. The van der Waals surface area contributed by atoms with Crippen molar-refractivity contribution >= 4 is 10.0 Å². The van der Waals surface area contributed by atoms with Crippen molar-refractivity contribution in [3.8, 4) is 0 Å². The summed E-state index contributed by atoms with van der Waals surface area (Å²) in [7, 11) is -1.34. The Balaban J connectivity index is 2.43. The van der Waals surface area contributed by atoms with Crippen molar-refractivity contribution in [1.82, 2.24) is 4.31 Å². The summed E-state index contributed by atoms with van der Waals surface area (Å²) in [5.74, 6) is 0.725. The van der Waals surface area contributed by atoms with Crippen LogP contribution in [-0.2, 0) is 14.8 Å². The van der Waals surface area contributed by atoms with E-state index in [9.17, 15) is 8.42 Å². The van der Waals surface area contributed by atoms with Gasteiger partial charge in [0, 0.05) is 26.8 Å². The molecule has 5 heteroatoms. The molecule has 0 amide bonds. The van der Waals surface area contributed by atoms with Crippen LogP contribution < -0.4 is 0 Å². The summed E-state index contributed by atoms with van der Waals surface area (Å²) in [4.78, 5) is 0. The largest absolute Gasteiger partial charge is 0.381 e. The van der Waals surface area contributed by atoms with Gasteiger partial charge in [0.05, 0.1) is 5.75 Å². The Bertz CT molecular complexity index is 270. The van der Waals surface area contributed by atoms with Gasteiger partial charge in [0.15, 0.2) is 0 Å². The van der Waals surface area contributed by atoms with Crippen LogP contribution in [0, 0.1) is 5.92 Å². The number of nitrogens with zero attached hydrogens (tertiary/aromatic N) is 1. The molecule has 1 saturated heterocycles. The van der Waals surface area contributed by atoms with E-state index in [0.29, 0.717) is 18.9 Å². The number of hydrogen-bond acceptors (Lipinski definition) is 3. The van der Waals surface area contributed by atoms with Crippen LogP contribution in [0.2, 0.25) is 0 Å². The zero-order valence-electron chi connectivity index (χ0n) is 9.61. The molecule has 0 radical (unpaired) electrons. The lowest BCUT2D eigenvalue weighted by atomic mass is 10.0. The van der Waals surface area contributed by atoms with Crippen LogP contribution >= 0.6 is 0 Å². The Morgan fingerprint density at radius 2 is 1.93 bits per heavy atom. The van der Waals surface area contributed by atoms with Crippen molar-refractivity contribution < 1.29 is 13.2 Å². The molecule has 0 aromatic heterocycles. The van der Waals surface area contributed by atoms with E-state index in [1.54, 1.807) is 7.05 Å². The first-order valence-electron chi connectivity index (χ1n) is 5.58. The zero-order chi connectivity index (χ0) is 11.3. The van der Waals surface area contributed by atoms with E-state index >= 15 is 0 Å². The molecule has 0 aromatic carbocycles. The molecule has 0 N–H and O–H groups in total. The topological polar surface area (TPSA) is 46.6 Å². The second kappa shape index (κ2) is 5.82. The van der Waals surface area contributed by atoms with Crippen LogP contribution in [-0.4, -0.2) is 45.3 Å². The van der Waals surface area contributed by atoms with E-state index in [1.807, 2.05) is 6.92 Å². The molecule has 90 valence electrons. The first-order valence-corrected chi connectivity index (χ1v) is 7.19. The highest BCUT2D eigenvalue weighted by Gasteiger charge is 2.22. The van der Waals surface area contributed by atoms with Crippen molar-refractivity contribution in [3.05, 3.63) is 0 Å². The minimum absolute atomic E-state index is 0.257. The maximum Gasteiger partial charge on any atom is 0.213 e. The van der Waals surface area contributed by atoms with Gasteiger partial charge in [0.1, 0.15) is 0 Å². The van der Waals surface area contributed by atoms with Crippen LogP contribution in [0.4, 0.5) is 0 Å². The van der Waals surface area contributed by atoms with Gasteiger partial charge in [-0.2, -0.15) is 0 Å². The Morgan fingerprint density at radius 3 is 2.47 bits per heavy atom. The minimum atomic E-state index is -3.02. The number of rotatable bonds is 5. The summed E-state index contributed by atoms with van der Waals surface area (Å²) < 4.78 is 30.2. The predicted molar refractivity (Wildman–Crippen MR) is 60.3 cm³/mol. The first kappa shape index (κ1) is 12.9. The molecule has 0 atom stereocenters. The van der Waals surface area contributed by atoms with Crippen LogP contribution in [0.1, 0.15) is 26.2 Å². The third-order valence-corrected chi connectivity index (χ3v) is 4.82. The van der Waals surface area contributed by atoms with Crippen molar-refractivity contribution in [2.75, 3.05) is 32.6 Å². The fourth-order valence-corrected chi connectivity index (χ4v) is 3.09. The van der Waals surface area contributed by atoms with E-state index in [0.717, 1.165) is 26.1 Å². The van der Waals surface area contributed by atoms with E-state index in [-0.39, 0.29) is 5.75 Å². The van der Waals surface area contributed by atoms with Gasteiger partial charge in [-0.1, -0.05) is 6.92 Å². The minimum Gasteiger partial charge on any atom is -0.381 e. The Labute approximate surface area is 92.7 Å². The van der Waals surface area contributed by atoms with Crippen molar-refractivity contribution in [2.45, 2.75) is 26.2 Å². The number of sulfonamides is 1. The molecule has 0 aromatic rings. The number of hydrogen-bond donors (Lipinski definition) is 0. The monoisotopic (exact) mass is 235 g/mol. The lowest BCUT2D eigenvalue weighted by Crippen LogP contribution is -2.35. The molecule has 4 nitrogen and oxygen atoms in total. The lowest BCUT2D eigenvalue weighted by molar-refractivity contribution is 0.0620. The molecule has 1 aliphatic rings. The molecule has 15 heavy (non-hydrogen) atoms.